The van der Waals surface area contributed by atoms with Crippen LogP contribution in [0.3, 0.4) is 0 Å². The van der Waals surface area contributed by atoms with Crippen LogP contribution >= 0.6 is 0 Å². The number of rotatable bonds is 4. The number of hydrogen-bond acceptors (Lipinski definition) is 4. The first-order valence-corrected chi connectivity index (χ1v) is 14.0. The van der Waals surface area contributed by atoms with Crippen LogP contribution in [0.5, 0.6) is 11.5 Å². The summed E-state index contributed by atoms with van der Waals surface area (Å²) in [7, 11) is 0. The highest BCUT2D eigenvalue weighted by Gasteiger charge is 2.36. The molecular weight excluding hydrogens is 504 g/mol. The predicted octanol–water partition coefficient (Wildman–Crippen LogP) is 7.61. The van der Waals surface area contributed by atoms with Crippen LogP contribution in [0.15, 0.2) is 35.9 Å². The monoisotopic (exact) mass is 548 g/mol. The minimum absolute atomic E-state index is 0.0359. The Hall–Kier alpha value is -3.54. The summed E-state index contributed by atoms with van der Waals surface area (Å²) in [6, 6.07) is 4.35. The van der Waals surface area contributed by atoms with Crippen molar-refractivity contribution >= 4 is 11.9 Å². The molecule has 0 aliphatic heterocycles. The Morgan fingerprint density at radius 3 is 1.75 bits per heavy atom. The maximum Gasteiger partial charge on any atom is 0.331 e. The molecule has 0 amide bonds. The summed E-state index contributed by atoms with van der Waals surface area (Å²) in [5.41, 5.74) is 8.59. The number of benzene rings is 2. The minimum atomic E-state index is -1.08. The molecule has 2 aliphatic carbocycles. The molecule has 1 saturated carbocycles. The van der Waals surface area contributed by atoms with Gasteiger partial charge in [0.1, 0.15) is 11.5 Å². The van der Waals surface area contributed by atoms with Crippen LogP contribution in [-0.2, 0) is 15.0 Å². The van der Waals surface area contributed by atoms with Crippen molar-refractivity contribution in [3.63, 3.8) is 0 Å². The normalized spacial score (nSPS) is 24.1. The number of allylic oxidation sites excluding steroid dienone is 2. The molecule has 4 rings (SSSR count). The van der Waals surface area contributed by atoms with E-state index < -0.39 is 17.4 Å². The topological polar surface area (TPSA) is 115 Å². The fourth-order valence-electron chi connectivity index (χ4n) is 6.25. The second kappa shape index (κ2) is 11.5. The van der Waals surface area contributed by atoms with E-state index in [1.165, 1.54) is 60.2 Å². The molecule has 1 unspecified atom stereocenters. The lowest BCUT2D eigenvalue weighted by molar-refractivity contribution is -0.145. The van der Waals surface area contributed by atoms with Crippen LogP contribution in [-0.4, -0.2) is 32.4 Å². The van der Waals surface area contributed by atoms with Crippen LogP contribution in [0, 0.1) is 47.0 Å². The smallest absolute Gasteiger partial charge is 0.331 e. The van der Waals surface area contributed by atoms with Crippen molar-refractivity contribution in [2.75, 3.05) is 0 Å². The van der Waals surface area contributed by atoms with Crippen molar-refractivity contribution in [1.82, 2.24) is 0 Å². The van der Waals surface area contributed by atoms with Crippen molar-refractivity contribution in [3.05, 3.63) is 80.4 Å². The molecule has 216 valence electrons. The van der Waals surface area contributed by atoms with Gasteiger partial charge in [0.05, 0.1) is 5.41 Å². The summed E-state index contributed by atoms with van der Waals surface area (Å²) in [5.74, 6) is -0.607. The van der Waals surface area contributed by atoms with Crippen LogP contribution in [0.25, 0.3) is 0 Å². The molecule has 4 N–H and O–H groups in total. The van der Waals surface area contributed by atoms with Crippen molar-refractivity contribution in [1.29, 1.82) is 0 Å². The maximum atomic E-state index is 10.8. The van der Waals surface area contributed by atoms with Gasteiger partial charge in [-0.25, -0.2) is 4.79 Å². The van der Waals surface area contributed by atoms with Gasteiger partial charge < -0.3 is 20.4 Å². The Bertz CT molecular complexity index is 1340. The molecule has 0 aromatic heterocycles. The highest BCUT2D eigenvalue weighted by atomic mass is 16.4. The fraction of sp³-hybridized carbons (Fsp3) is 0.471. The Morgan fingerprint density at radius 2 is 1.30 bits per heavy atom. The number of carbonyl (C=O) groups is 2. The molecule has 0 radical (unpaired) electrons. The molecule has 0 saturated heterocycles. The molecule has 0 bridgehead atoms. The Labute approximate surface area is 238 Å². The molecule has 2 aromatic carbocycles. The van der Waals surface area contributed by atoms with Crippen LogP contribution in [0.1, 0.15) is 96.4 Å². The van der Waals surface area contributed by atoms with Gasteiger partial charge in [0.2, 0.25) is 0 Å². The highest BCUT2D eigenvalue weighted by Crippen LogP contribution is 2.48. The molecule has 1 atom stereocenters. The number of hydrogen-bond donors (Lipinski definition) is 4. The first-order chi connectivity index (χ1) is 18.5. The third-order valence-electron chi connectivity index (χ3n) is 9.41. The molecule has 2 aromatic rings. The van der Waals surface area contributed by atoms with E-state index in [-0.39, 0.29) is 17.4 Å². The highest BCUT2D eigenvalue weighted by molar-refractivity contribution is 5.90. The zero-order valence-electron chi connectivity index (χ0n) is 25.1. The average Bonchev–Trinajstić information content (AvgIpc) is 2.90. The number of phenols is 2. The summed E-state index contributed by atoms with van der Waals surface area (Å²) >= 11 is 0. The number of aliphatic carboxylic acids is 2. The van der Waals surface area contributed by atoms with E-state index in [0.717, 1.165) is 35.1 Å². The van der Waals surface area contributed by atoms with Crippen molar-refractivity contribution in [2.24, 2.45) is 5.41 Å². The van der Waals surface area contributed by atoms with Gasteiger partial charge in [-0.15, -0.1) is 0 Å². The molecule has 2 aliphatic rings. The fourth-order valence-corrected chi connectivity index (χ4v) is 6.25. The number of aryl methyl sites for hydroxylation is 2. The quantitative estimate of drug-likeness (QED) is 0.313. The summed E-state index contributed by atoms with van der Waals surface area (Å²) in [6.45, 7) is 16.3. The van der Waals surface area contributed by atoms with Gasteiger partial charge in [0.15, 0.2) is 0 Å². The first-order valence-electron chi connectivity index (χ1n) is 14.0. The Balaban J connectivity index is 0.000000285. The van der Waals surface area contributed by atoms with Crippen LogP contribution in [0.4, 0.5) is 0 Å². The zero-order valence-corrected chi connectivity index (χ0v) is 25.1. The van der Waals surface area contributed by atoms with Gasteiger partial charge in [-0.3, -0.25) is 4.79 Å². The Kier molecular flexibility index (Phi) is 8.93. The van der Waals surface area contributed by atoms with E-state index in [2.05, 4.69) is 32.9 Å². The summed E-state index contributed by atoms with van der Waals surface area (Å²) in [5, 5.41) is 38.0. The lowest BCUT2D eigenvalue weighted by Crippen LogP contribution is -2.28. The summed E-state index contributed by atoms with van der Waals surface area (Å²) in [6.07, 6.45) is 9.07. The van der Waals surface area contributed by atoms with Gasteiger partial charge in [0.25, 0.3) is 0 Å². The van der Waals surface area contributed by atoms with Crippen LogP contribution < -0.4 is 0 Å². The van der Waals surface area contributed by atoms with Crippen molar-refractivity contribution in [3.8, 4) is 11.5 Å². The van der Waals surface area contributed by atoms with E-state index in [1.54, 1.807) is 0 Å². The van der Waals surface area contributed by atoms with Gasteiger partial charge in [-0.2, -0.15) is 0 Å². The molecule has 6 nitrogen and oxygen atoms in total. The maximum absolute atomic E-state index is 10.8. The lowest BCUT2D eigenvalue weighted by atomic mass is 9.65. The number of phenolic OH excluding ortho intramolecular Hbond substituents is 2. The van der Waals surface area contributed by atoms with E-state index >= 15 is 0 Å². The lowest BCUT2D eigenvalue weighted by Gasteiger charge is -2.39. The largest absolute Gasteiger partial charge is 0.507 e. The van der Waals surface area contributed by atoms with Crippen molar-refractivity contribution in [2.45, 2.75) is 98.8 Å². The molecule has 40 heavy (non-hydrogen) atoms. The summed E-state index contributed by atoms with van der Waals surface area (Å²) in [4.78, 5) is 21.3. The second-order valence-corrected chi connectivity index (χ2v) is 12.3. The Morgan fingerprint density at radius 1 is 0.800 bits per heavy atom. The molecule has 0 spiro atoms. The van der Waals surface area contributed by atoms with E-state index in [1.807, 2.05) is 27.7 Å². The molecule has 0 heterocycles. The van der Waals surface area contributed by atoms with Crippen molar-refractivity contribution < 1.29 is 30.0 Å². The molecule has 1 fully saturated rings. The number of carboxylic acid groups (broad SMARTS) is 2. The second-order valence-electron chi connectivity index (χ2n) is 12.3. The zero-order chi connectivity index (χ0) is 30.2. The first kappa shape index (κ1) is 31.0. The third-order valence-corrected chi connectivity index (χ3v) is 9.41. The van der Waals surface area contributed by atoms with Crippen LogP contribution in [0.2, 0.25) is 0 Å². The van der Waals surface area contributed by atoms with E-state index in [0.29, 0.717) is 17.4 Å². The predicted molar refractivity (Wildman–Crippen MR) is 158 cm³/mol. The third kappa shape index (κ3) is 5.96. The molecule has 6 heteroatoms. The van der Waals surface area contributed by atoms with E-state index in [4.69, 9.17) is 10.2 Å². The number of carboxylic acids is 2. The van der Waals surface area contributed by atoms with Gasteiger partial charge >= 0.3 is 11.9 Å². The van der Waals surface area contributed by atoms with Gasteiger partial charge in [-0.1, -0.05) is 37.3 Å². The SMILES string of the molecule is CC1(C(=O)O)C=CC=C(C(=O)O)C1.Cc1cc(C2(C)CCC(c3c(C)c(C)c(O)c(C)c3C)CC2)cc(C)c1O. The minimum Gasteiger partial charge on any atom is -0.507 e. The van der Waals surface area contributed by atoms with Gasteiger partial charge in [0, 0.05) is 5.57 Å². The standard InChI is InChI=1S/C25H34O2.C9H10O4/c1-14-12-21(13-15(2)23(14)26)25(7)10-8-20(9-11-25)22-16(3)18(5)24(27)19(6)17(22)4;1-9(8(12)13)4-2-3-6(5-9)7(10)11/h12-13,20,26-27H,8-11H2,1-7H3;2-4H,5H2,1H3,(H,10,11)(H,12,13). The van der Waals surface area contributed by atoms with E-state index in [9.17, 15) is 19.8 Å². The number of aromatic hydroxyl groups is 2. The molecular formula is C34H44O6. The average molecular weight is 549 g/mol. The van der Waals surface area contributed by atoms with Gasteiger partial charge in [-0.05, 0) is 136 Å². The summed E-state index contributed by atoms with van der Waals surface area (Å²) < 4.78 is 0.